The summed E-state index contributed by atoms with van der Waals surface area (Å²) in [6.07, 6.45) is 6.08. The van der Waals surface area contributed by atoms with E-state index in [0.717, 1.165) is 36.7 Å². The zero-order valence-electron chi connectivity index (χ0n) is 11.2. The fourth-order valence-corrected chi connectivity index (χ4v) is 3.97. The lowest BCUT2D eigenvalue weighted by Crippen LogP contribution is -2.56. The molecule has 1 amide bonds. The van der Waals surface area contributed by atoms with Gasteiger partial charge in [-0.3, -0.25) is 4.79 Å². The Hall–Kier alpha value is -1.51. The van der Waals surface area contributed by atoms with Gasteiger partial charge in [-0.25, -0.2) is 0 Å². The number of rotatable bonds is 1. The molecule has 0 spiro atoms. The number of nitrogens with zero attached hydrogens (tertiary/aromatic N) is 1. The van der Waals surface area contributed by atoms with Gasteiger partial charge in [-0.1, -0.05) is 18.6 Å². The molecule has 19 heavy (non-hydrogen) atoms. The van der Waals surface area contributed by atoms with Gasteiger partial charge >= 0.3 is 0 Å². The van der Waals surface area contributed by atoms with Crippen LogP contribution in [0.15, 0.2) is 18.2 Å². The van der Waals surface area contributed by atoms with E-state index in [2.05, 4.69) is 16.3 Å². The third-order valence-corrected chi connectivity index (χ3v) is 5.02. The lowest BCUT2D eigenvalue weighted by Gasteiger charge is -2.45. The molecule has 0 radical (unpaired) electrons. The summed E-state index contributed by atoms with van der Waals surface area (Å²) in [7, 11) is 0. The van der Waals surface area contributed by atoms with Gasteiger partial charge in [0, 0.05) is 19.1 Å². The Kier molecular flexibility index (Phi) is 2.54. The van der Waals surface area contributed by atoms with Crippen molar-refractivity contribution < 1.29 is 4.79 Å². The number of hydrogen-bond donors (Lipinski definition) is 1. The summed E-state index contributed by atoms with van der Waals surface area (Å²) < 4.78 is 0. The molecule has 1 saturated carbocycles. The van der Waals surface area contributed by atoms with Crippen molar-refractivity contribution in [2.45, 2.75) is 38.1 Å². The van der Waals surface area contributed by atoms with Gasteiger partial charge in [-0.15, -0.1) is 0 Å². The van der Waals surface area contributed by atoms with Gasteiger partial charge in [0.15, 0.2) is 0 Å². The van der Waals surface area contributed by atoms with Crippen molar-refractivity contribution in [2.75, 3.05) is 18.4 Å². The lowest BCUT2D eigenvalue weighted by molar-refractivity contribution is 0.0270. The summed E-state index contributed by atoms with van der Waals surface area (Å²) in [6.45, 7) is 1.97. The predicted octanol–water partition coefficient (Wildman–Crippen LogP) is 2.67. The Balaban J connectivity index is 1.63. The van der Waals surface area contributed by atoms with Crippen molar-refractivity contribution in [3.05, 3.63) is 29.3 Å². The average molecular weight is 256 g/mol. The molecule has 4 rings (SSSR count). The summed E-state index contributed by atoms with van der Waals surface area (Å²) in [6, 6.07) is 6.70. The van der Waals surface area contributed by atoms with Crippen LogP contribution in [0, 0.1) is 5.92 Å². The molecule has 2 aliphatic heterocycles. The Labute approximate surface area is 114 Å². The van der Waals surface area contributed by atoms with Crippen molar-refractivity contribution in [3.63, 3.8) is 0 Å². The highest BCUT2D eigenvalue weighted by Crippen LogP contribution is 2.40. The quantitative estimate of drug-likeness (QED) is 0.838. The molecule has 2 heterocycles. The largest absolute Gasteiger partial charge is 0.384 e. The van der Waals surface area contributed by atoms with Gasteiger partial charge in [-0.2, -0.15) is 0 Å². The van der Waals surface area contributed by atoms with Gasteiger partial charge in [-0.05, 0) is 43.2 Å². The second-order valence-corrected chi connectivity index (χ2v) is 6.09. The molecular formula is C16H20N2O. The molecule has 3 nitrogen and oxygen atoms in total. The summed E-state index contributed by atoms with van der Waals surface area (Å²) in [5.74, 6) is 1.03. The van der Waals surface area contributed by atoms with E-state index in [0.29, 0.717) is 6.04 Å². The predicted molar refractivity (Wildman–Crippen MR) is 75.4 cm³/mol. The van der Waals surface area contributed by atoms with E-state index in [-0.39, 0.29) is 5.91 Å². The molecule has 1 N–H and O–H groups in total. The van der Waals surface area contributed by atoms with E-state index in [1.165, 1.54) is 31.2 Å². The number of fused-ring (bicyclic) bond motifs is 2. The van der Waals surface area contributed by atoms with Crippen molar-refractivity contribution >= 4 is 11.6 Å². The maximum Gasteiger partial charge on any atom is 0.256 e. The van der Waals surface area contributed by atoms with Crippen LogP contribution in [-0.2, 0) is 6.42 Å². The second-order valence-electron chi connectivity index (χ2n) is 6.09. The van der Waals surface area contributed by atoms with Crippen molar-refractivity contribution in [3.8, 4) is 0 Å². The second kappa shape index (κ2) is 4.26. The van der Waals surface area contributed by atoms with Gasteiger partial charge in [0.05, 0.1) is 11.3 Å². The Morgan fingerprint density at radius 3 is 3.11 bits per heavy atom. The van der Waals surface area contributed by atoms with Crippen LogP contribution in [0.1, 0.15) is 41.6 Å². The minimum atomic E-state index is 0.245. The summed E-state index contributed by atoms with van der Waals surface area (Å²) in [5.41, 5.74) is 3.29. The van der Waals surface area contributed by atoms with Crippen molar-refractivity contribution in [2.24, 2.45) is 5.92 Å². The molecule has 0 unspecified atom stereocenters. The number of benzene rings is 1. The van der Waals surface area contributed by atoms with E-state index in [4.69, 9.17) is 0 Å². The van der Waals surface area contributed by atoms with E-state index in [1.54, 1.807) is 0 Å². The molecule has 3 aliphatic rings. The third-order valence-electron chi connectivity index (χ3n) is 5.02. The maximum absolute atomic E-state index is 12.7. The molecule has 0 bridgehead atoms. The monoisotopic (exact) mass is 256 g/mol. The Bertz CT molecular complexity index is 525. The van der Waals surface area contributed by atoms with Gasteiger partial charge in [0.2, 0.25) is 0 Å². The van der Waals surface area contributed by atoms with Crippen LogP contribution < -0.4 is 5.32 Å². The molecule has 1 saturated heterocycles. The summed E-state index contributed by atoms with van der Waals surface area (Å²) >= 11 is 0. The van der Waals surface area contributed by atoms with E-state index >= 15 is 0 Å². The first kappa shape index (κ1) is 11.3. The topological polar surface area (TPSA) is 32.3 Å². The molecule has 2 atom stereocenters. The molecular weight excluding hydrogens is 236 g/mol. The lowest BCUT2D eigenvalue weighted by atomic mass is 9.90. The van der Waals surface area contributed by atoms with Gasteiger partial charge in [0.1, 0.15) is 0 Å². The number of hydrogen-bond acceptors (Lipinski definition) is 2. The van der Waals surface area contributed by atoms with Crippen LogP contribution in [0.2, 0.25) is 0 Å². The first-order chi connectivity index (χ1) is 9.34. The van der Waals surface area contributed by atoms with E-state index in [1.807, 2.05) is 12.1 Å². The zero-order chi connectivity index (χ0) is 12.8. The molecule has 1 aromatic rings. The zero-order valence-corrected chi connectivity index (χ0v) is 11.2. The van der Waals surface area contributed by atoms with E-state index in [9.17, 15) is 4.79 Å². The number of para-hydroxylation sites is 1. The van der Waals surface area contributed by atoms with Crippen LogP contribution in [0.4, 0.5) is 5.69 Å². The fourth-order valence-electron chi connectivity index (χ4n) is 3.97. The highest BCUT2D eigenvalue weighted by molar-refractivity contribution is 6.01. The van der Waals surface area contributed by atoms with Crippen LogP contribution >= 0.6 is 0 Å². The Morgan fingerprint density at radius 1 is 1.26 bits per heavy atom. The SMILES string of the molecule is O=C(c1cccc2c1NCCC2)N1C[C@@H]2CCC[C@@H]21. The molecule has 0 aromatic heterocycles. The van der Waals surface area contributed by atoms with Crippen LogP contribution in [0.3, 0.4) is 0 Å². The highest BCUT2D eigenvalue weighted by Gasteiger charge is 2.45. The number of carbonyl (C=O) groups is 1. The van der Waals surface area contributed by atoms with Crippen molar-refractivity contribution in [1.29, 1.82) is 0 Å². The first-order valence-electron chi connectivity index (χ1n) is 7.51. The third kappa shape index (κ3) is 1.67. The van der Waals surface area contributed by atoms with Crippen LogP contribution in [-0.4, -0.2) is 29.9 Å². The Morgan fingerprint density at radius 2 is 2.21 bits per heavy atom. The number of aryl methyl sites for hydroxylation is 1. The number of likely N-dealkylation sites (tertiary alicyclic amines) is 1. The normalized spacial score (nSPS) is 28.1. The summed E-state index contributed by atoms with van der Waals surface area (Å²) in [5, 5.41) is 3.43. The molecule has 100 valence electrons. The van der Waals surface area contributed by atoms with E-state index < -0.39 is 0 Å². The number of anilines is 1. The minimum absolute atomic E-state index is 0.245. The average Bonchev–Trinajstić information content (AvgIpc) is 2.79. The minimum Gasteiger partial charge on any atom is -0.384 e. The highest BCUT2D eigenvalue weighted by atomic mass is 16.2. The van der Waals surface area contributed by atoms with Crippen LogP contribution in [0.5, 0.6) is 0 Å². The van der Waals surface area contributed by atoms with Gasteiger partial charge < -0.3 is 10.2 Å². The number of nitrogens with one attached hydrogen (secondary N) is 1. The molecule has 2 fully saturated rings. The molecule has 1 aliphatic carbocycles. The fraction of sp³-hybridized carbons (Fsp3) is 0.562. The number of carbonyl (C=O) groups excluding carboxylic acids is 1. The summed E-state index contributed by atoms with van der Waals surface area (Å²) in [4.78, 5) is 14.8. The van der Waals surface area contributed by atoms with Crippen molar-refractivity contribution in [1.82, 2.24) is 4.90 Å². The van der Waals surface area contributed by atoms with Gasteiger partial charge in [0.25, 0.3) is 5.91 Å². The molecule has 3 heteroatoms. The molecule has 1 aromatic carbocycles. The maximum atomic E-state index is 12.7. The smallest absolute Gasteiger partial charge is 0.256 e. The number of amides is 1. The first-order valence-corrected chi connectivity index (χ1v) is 7.51. The standard InChI is InChI=1S/C16H20N2O/c19-16(18-10-12-5-2-8-14(12)18)13-7-1-4-11-6-3-9-17-15(11)13/h1,4,7,12,14,17H,2-3,5-6,8-10H2/t12-,14-/m0/s1. The van der Waals surface area contributed by atoms with Crippen LogP contribution in [0.25, 0.3) is 0 Å².